The number of halogens is 1. The van der Waals surface area contributed by atoms with Crippen molar-refractivity contribution in [2.45, 2.75) is 6.92 Å². The maximum Gasteiger partial charge on any atom is 0.139 e. The average Bonchev–Trinajstić information content (AvgIpc) is 2.20. The summed E-state index contributed by atoms with van der Waals surface area (Å²) in [5.41, 5.74) is 15.0. The lowest BCUT2D eigenvalue weighted by molar-refractivity contribution is 0.623. The van der Waals surface area contributed by atoms with Crippen LogP contribution in [0.1, 0.15) is 11.1 Å². The molecule has 0 spiro atoms. The molecule has 0 aliphatic rings. The molecule has 0 saturated carbocycles. The maximum atomic E-state index is 13.3. The fourth-order valence-corrected chi connectivity index (χ4v) is 0.987. The Balaban J connectivity index is 2.98. The van der Waals surface area contributed by atoms with Gasteiger partial charge in [0.25, 0.3) is 0 Å². The van der Waals surface area contributed by atoms with Crippen molar-refractivity contribution in [2.75, 3.05) is 12.3 Å². The van der Waals surface area contributed by atoms with Crippen molar-refractivity contribution in [1.29, 1.82) is 0 Å². The Morgan fingerprint density at radius 2 is 2.33 bits per heavy atom. The van der Waals surface area contributed by atoms with Crippen LogP contribution in [0.25, 0.3) is 10.4 Å². The molecular formula is C10H9FN4. The van der Waals surface area contributed by atoms with Gasteiger partial charge in [-0.2, -0.15) is 0 Å². The average molecular weight is 204 g/mol. The molecule has 0 saturated heterocycles. The number of rotatable bonds is 1. The molecule has 0 aromatic heterocycles. The Labute approximate surface area is 86.5 Å². The van der Waals surface area contributed by atoms with Gasteiger partial charge >= 0.3 is 0 Å². The molecule has 1 aromatic rings. The summed E-state index contributed by atoms with van der Waals surface area (Å²) in [6, 6.07) is 2.79. The van der Waals surface area contributed by atoms with Gasteiger partial charge < -0.3 is 5.73 Å². The minimum absolute atomic E-state index is 0.0176. The van der Waals surface area contributed by atoms with Crippen LogP contribution < -0.4 is 5.73 Å². The number of benzene rings is 1. The van der Waals surface area contributed by atoms with Gasteiger partial charge in [0.2, 0.25) is 0 Å². The monoisotopic (exact) mass is 204 g/mol. The van der Waals surface area contributed by atoms with E-state index in [0.29, 0.717) is 11.3 Å². The Kier molecular flexibility index (Phi) is 3.55. The van der Waals surface area contributed by atoms with E-state index in [1.54, 1.807) is 6.92 Å². The quantitative estimate of drug-likeness (QED) is 0.246. The molecule has 2 N–H and O–H groups in total. The molecule has 0 heterocycles. The Hall–Kier alpha value is -2.18. The first-order valence-electron chi connectivity index (χ1n) is 4.20. The molecule has 5 heteroatoms. The van der Waals surface area contributed by atoms with Crippen molar-refractivity contribution in [3.8, 4) is 11.8 Å². The van der Waals surface area contributed by atoms with Gasteiger partial charge in [-0.05, 0) is 30.2 Å². The summed E-state index contributed by atoms with van der Waals surface area (Å²) in [4.78, 5) is 2.53. The lowest BCUT2D eigenvalue weighted by Crippen LogP contribution is -1.93. The van der Waals surface area contributed by atoms with Crippen molar-refractivity contribution in [3.05, 3.63) is 39.5 Å². The van der Waals surface area contributed by atoms with E-state index < -0.39 is 5.82 Å². The number of azide groups is 1. The summed E-state index contributed by atoms with van der Waals surface area (Å²) < 4.78 is 13.3. The number of hydrogen-bond donors (Lipinski definition) is 1. The van der Waals surface area contributed by atoms with E-state index in [4.69, 9.17) is 11.3 Å². The van der Waals surface area contributed by atoms with Crippen molar-refractivity contribution in [1.82, 2.24) is 0 Å². The predicted molar refractivity (Wildman–Crippen MR) is 56.4 cm³/mol. The zero-order valence-corrected chi connectivity index (χ0v) is 8.16. The van der Waals surface area contributed by atoms with Gasteiger partial charge in [-0.25, -0.2) is 4.39 Å². The van der Waals surface area contributed by atoms with Gasteiger partial charge in [0, 0.05) is 10.6 Å². The van der Waals surface area contributed by atoms with E-state index in [2.05, 4.69) is 21.9 Å². The lowest BCUT2D eigenvalue weighted by Gasteiger charge is -2.01. The Bertz CT molecular complexity index is 478. The number of nitrogen functional groups attached to an aromatic ring is 1. The van der Waals surface area contributed by atoms with Gasteiger partial charge in [0.05, 0.1) is 12.1 Å². The largest absolute Gasteiger partial charge is 0.398 e. The topological polar surface area (TPSA) is 74.8 Å². The van der Waals surface area contributed by atoms with Crippen LogP contribution in [-0.4, -0.2) is 6.54 Å². The summed E-state index contributed by atoms with van der Waals surface area (Å²) in [5, 5.41) is 3.21. The van der Waals surface area contributed by atoms with Gasteiger partial charge in [-0.1, -0.05) is 17.0 Å². The van der Waals surface area contributed by atoms with Crippen LogP contribution in [0.4, 0.5) is 10.1 Å². The van der Waals surface area contributed by atoms with E-state index in [1.807, 2.05) is 0 Å². The number of hydrogen-bond acceptors (Lipinski definition) is 2. The third kappa shape index (κ3) is 2.90. The second-order valence-electron chi connectivity index (χ2n) is 2.88. The number of anilines is 1. The van der Waals surface area contributed by atoms with E-state index in [-0.39, 0.29) is 12.1 Å². The van der Waals surface area contributed by atoms with Crippen LogP contribution in [0.2, 0.25) is 0 Å². The molecule has 0 fully saturated rings. The SMILES string of the molecule is Cc1cc(F)c(C#CCN=[N+]=[N-])cc1N. The van der Waals surface area contributed by atoms with Crippen LogP contribution in [0.15, 0.2) is 17.2 Å². The molecular weight excluding hydrogens is 195 g/mol. The zero-order valence-electron chi connectivity index (χ0n) is 8.16. The first kappa shape index (κ1) is 10.9. The Morgan fingerprint density at radius 3 is 3.00 bits per heavy atom. The molecule has 1 rings (SSSR count). The smallest absolute Gasteiger partial charge is 0.139 e. The molecule has 0 atom stereocenters. The van der Waals surface area contributed by atoms with Gasteiger partial charge in [-0.3, -0.25) is 0 Å². The molecule has 76 valence electrons. The van der Waals surface area contributed by atoms with E-state index in [1.165, 1.54) is 12.1 Å². The first-order chi connectivity index (χ1) is 7.15. The molecule has 15 heavy (non-hydrogen) atoms. The van der Waals surface area contributed by atoms with Gasteiger partial charge in [-0.15, -0.1) is 0 Å². The highest BCUT2D eigenvalue weighted by Crippen LogP contribution is 2.16. The number of nitrogens with two attached hydrogens (primary N) is 1. The van der Waals surface area contributed by atoms with Crippen LogP contribution in [-0.2, 0) is 0 Å². The van der Waals surface area contributed by atoms with Crippen molar-refractivity contribution in [2.24, 2.45) is 5.11 Å². The second kappa shape index (κ2) is 4.89. The molecule has 0 bridgehead atoms. The third-order valence-electron chi connectivity index (χ3n) is 1.79. The molecule has 1 aromatic carbocycles. The van der Waals surface area contributed by atoms with Gasteiger partial charge in [0.15, 0.2) is 0 Å². The van der Waals surface area contributed by atoms with E-state index in [0.717, 1.165) is 0 Å². The summed E-state index contributed by atoms with van der Waals surface area (Å²) in [6.45, 7) is 1.74. The molecule has 4 nitrogen and oxygen atoms in total. The van der Waals surface area contributed by atoms with Crippen molar-refractivity contribution < 1.29 is 4.39 Å². The fraction of sp³-hybridized carbons (Fsp3) is 0.200. The van der Waals surface area contributed by atoms with Gasteiger partial charge in [0.1, 0.15) is 5.82 Å². The summed E-state index contributed by atoms with van der Waals surface area (Å²) in [7, 11) is 0. The standard InChI is InChI=1S/C10H9FN4/c1-7-5-9(11)8(6-10(7)12)3-2-4-14-15-13/h5-6H,4,12H2,1H3. The third-order valence-corrected chi connectivity index (χ3v) is 1.79. The molecule has 0 radical (unpaired) electrons. The Morgan fingerprint density at radius 1 is 1.60 bits per heavy atom. The van der Waals surface area contributed by atoms with Crippen molar-refractivity contribution >= 4 is 5.69 Å². The lowest BCUT2D eigenvalue weighted by atomic mass is 10.1. The van der Waals surface area contributed by atoms with E-state index >= 15 is 0 Å². The first-order valence-corrected chi connectivity index (χ1v) is 4.20. The highest BCUT2D eigenvalue weighted by molar-refractivity contribution is 5.53. The van der Waals surface area contributed by atoms with Crippen LogP contribution >= 0.6 is 0 Å². The highest BCUT2D eigenvalue weighted by Gasteiger charge is 2.02. The normalized spacial score (nSPS) is 8.67. The molecule has 0 unspecified atom stereocenters. The maximum absolute atomic E-state index is 13.3. The summed E-state index contributed by atoms with van der Waals surface area (Å²) >= 11 is 0. The molecule has 0 aliphatic carbocycles. The van der Waals surface area contributed by atoms with Crippen LogP contribution in [0.5, 0.6) is 0 Å². The fourth-order valence-electron chi connectivity index (χ4n) is 0.987. The number of nitrogens with zero attached hydrogens (tertiary/aromatic N) is 3. The summed E-state index contributed by atoms with van der Waals surface area (Å²) in [5.74, 6) is 4.65. The zero-order chi connectivity index (χ0) is 11.3. The number of aryl methyl sites for hydroxylation is 1. The predicted octanol–water partition coefficient (Wildman–Crippen LogP) is 2.38. The minimum atomic E-state index is -0.421. The van der Waals surface area contributed by atoms with Crippen LogP contribution in [0, 0.1) is 24.6 Å². The van der Waals surface area contributed by atoms with Crippen molar-refractivity contribution in [3.63, 3.8) is 0 Å². The highest BCUT2D eigenvalue weighted by atomic mass is 19.1. The minimum Gasteiger partial charge on any atom is -0.398 e. The van der Waals surface area contributed by atoms with Crippen LogP contribution in [0.3, 0.4) is 0 Å². The summed E-state index contributed by atoms with van der Waals surface area (Å²) in [6.07, 6.45) is 0. The van der Waals surface area contributed by atoms with E-state index in [9.17, 15) is 4.39 Å². The second-order valence-corrected chi connectivity index (χ2v) is 2.88. The molecule has 0 amide bonds. The molecule has 0 aliphatic heterocycles.